The third-order valence-corrected chi connectivity index (χ3v) is 8.45. The monoisotopic (exact) mass is 619 g/mol. The number of nitrogens with zero attached hydrogens (tertiary/aromatic N) is 2. The topological polar surface area (TPSA) is 125 Å². The number of aromatic nitrogens is 2. The lowest BCUT2D eigenvalue weighted by molar-refractivity contribution is -0.173. The number of sulfonamides is 1. The lowest BCUT2D eigenvalue weighted by atomic mass is 9.77. The van der Waals surface area contributed by atoms with Gasteiger partial charge in [-0.1, -0.05) is 68.4 Å². The van der Waals surface area contributed by atoms with Crippen molar-refractivity contribution in [1.82, 2.24) is 9.55 Å². The van der Waals surface area contributed by atoms with Gasteiger partial charge in [0, 0.05) is 31.6 Å². The molecule has 0 radical (unpaired) electrons. The Morgan fingerprint density at radius 3 is 2.23 bits per heavy atom. The maximum Gasteiger partial charge on any atom is 0.389 e. The largest absolute Gasteiger partial charge is 0.512 e. The van der Waals surface area contributed by atoms with Crippen LogP contribution in [0.1, 0.15) is 57.1 Å². The molecule has 3 N–H and O–H groups in total. The number of aliphatic hydroxyl groups is 1. The number of ether oxygens (including phenoxy) is 1. The SMILES string of the molecule is Cn1cc(S(N)(=O)=O)nc1-c1ccc(CC(C)(C)CC2=C(O)C[C@@](CCc3ccccc3)(CCC(F)(F)F)OC2=O)cc1. The number of esters is 1. The molecule has 4 rings (SSSR count). The van der Waals surface area contributed by atoms with Gasteiger partial charge in [-0.3, -0.25) is 0 Å². The second-order valence-corrected chi connectivity index (χ2v) is 13.6. The Kier molecular flexibility index (Phi) is 9.13. The molecule has 3 aromatic rings. The van der Waals surface area contributed by atoms with E-state index < -0.39 is 46.0 Å². The van der Waals surface area contributed by atoms with E-state index >= 15 is 0 Å². The highest BCUT2D eigenvalue weighted by atomic mass is 32.2. The molecule has 2 heterocycles. The molecule has 2 aromatic carbocycles. The van der Waals surface area contributed by atoms with E-state index in [9.17, 15) is 31.5 Å². The van der Waals surface area contributed by atoms with Crippen molar-refractivity contribution in [1.29, 1.82) is 0 Å². The summed E-state index contributed by atoms with van der Waals surface area (Å²) in [6, 6.07) is 16.5. The van der Waals surface area contributed by atoms with Gasteiger partial charge in [-0.15, -0.1) is 0 Å². The van der Waals surface area contributed by atoms with E-state index in [4.69, 9.17) is 9.88 Å². The Labute approximate surface area is 249 Å². The van der Waals surface area contributed by atoms with E-state index in [0.29, 0.717) is 24.2 Å². The number of hydrogen-bond acceptors (Lipinski definition) is 6. The second-order valence-electron chi connectivity index (χ2n) is 12.0. The summed E-state index contributed by atoms with van der Waals surface area (Å²) in [4.78, 5) is 17.3. The fourth-order valence-corrected chi connectivity index (χ4v) is 6.02. The number of hydrogen-bond donors (Lipinski definition) is 2. The highest BCUT2D eigenvalue weighted by Gasteiger charge is 2.45. The van der Waals surface area contributed by atoms with E-state index in [0.717, 1.165) is 11.1 Å². The lowest BCUT2D eigenvalue weighted by Crippen LogP contribution is -2.42. The van der Waals surface area contributed by atoms with E-state index in [1.54, 1.807) is 23.7 Å². The summed E-state index contributed by atoms with van der Waals surface area (Å²) in [5, 5.41) is 16.0. The normalized spacial score (nSPS) is 18.2. The Morgan fingerprint density at radius 1 is 1.02 bits per heavy atom. The number of carbonyl (C=O) groups excluding carboxylic acids is 1. The number of imidazole rings is 1. The van der Waals surface area contributed by atoms with Crippen LogP contribution < -0.4 is 5.14 Å². The van der Waals surface area contributed by atoms with Crippen LogP contribution in [0, 0.1) is 5.41 Å². The molecule has 8 nitrogen and oxygen atoms in total. The second kappa shape index (κ2) is 12.2. The van der Waals surface area contributed by atoms with Gasteiger partial charge in [0.1, 0.15) is 17.2 Å². The number of alkyl halides is 3. The zero-order valence-corrected chi connectivity index (χ0v) is 25.1. The Bertz CT molecular complexity index is 1600. The van der Waals surface area contributed by atoms with Crippen LogP contribution in [0.25, 0.3) is 11.4 Å². The van der Waals surface area contributed by atoms with Crippen molar-refractivity contribution < 1.29 is 36.2 Å². The summed E-state index contributed by atoms with van der Waals surface area (Å²) in [5.41, 5.74) is 0.599. The fourth-order valence-electron chi connectivity index (χ4n) is 5.50. The van der Waals surface area contributed by atoms with Crippen molar-refractivity contribution in [3.63, 3.8) is 0 Å². The van der Waals surface area contributed by atoms with Crippen LogP contribution in [0.3, 0.4) is 0 Å². The number of benzene rings is 2. The van der Waals surface area contributed by atoms with Crippen LogP contribution in [0.2, 0.25) is 0 Å². The van der Waals surface area contributed by atoms with Crippen molar-refractivity contribution in [3.8, 4) is 11.4 Å². The first-order valence-electron chi connectivity index (χ1n) is 13.9. The number of primary sulfonamides is 1. The van der Waals surface area contributed by atoms with Gasteiger partial charge in [0.05, 0.1) is 5.57 Å². The minimum absolute atomic E-state index is 0.0764. The molecule has 1 aliphatic rings. The summed E-state index contributed by atoms with van der Waals surface area (Å²) in [6.45, 7) is 3.85. The third-order valence-electron chi connectivity index (χ3n) is 7.67. The van der Waals surface area contributed by atoms with Gasteiger partial charge >= 0.3 is 12.1 Å². The van der Waals surface area contributed by atoms with Crippen LogP contribution in [-0.2, 0) is 39.4 Å². The van der Waals surface area contributed by atoms with Gasteiger partial charge in [-0.25, -0.2) is 23.3 Å². The molecule has 0 spiro atoms. The molecular formula is C31H36F3N3O5S. The first kappa shape index (κ1) is 32.3. The van der Waals surface area contributed by atoms with Gasteiger partial charge in [0.25, 0.3) is 10.0 Å². The average Bonchev–Trinajstić information content (AvgIpc) is 3.31. The zero-order valence-electron chi connectivity index (χ0n) is 24.3. The maximum absolute atomic E-state index is 13.2. The first-order valence-corrected chi connectivity index (χ1v) is 15.4. The molecule has 0 aliphatic carbocycles. The van der Waals surface area contributed by atoms with Crippen LogP contribution in [-0.4, -0.2) is 40.8 Å². The first-order chi connectivity index (χ1) is 20.0. The Morgan fingerprint density at radius 2 is 1.67 bits per heavy atom. The predicted octanol–water partition coefficient (Wildman–Crippen LogP) is 6.17. The highest BCUT2D eigenvalue weighted by molar-refractivity contribution is 7.89. The van der Waals surface area contributed by atoms with Gasteiger partial charge in [0.15, 0.2) is 5.03 Å². The lowest BCUT2D eigenvalue weighted by Gasteiger charge is -2.39. The molecule has 1 aliphatic heterocycles. The fraction of sp³-hybridized carbons (Fsp3) is 0.419. The number of halogens is 3. The van der Waals surface area contributed by atoms with Crippen LogP contribution in [0.15, 0.2) is 77.2 Å². The van der Waals surface area contributed by atoms with E-state index in [1.807, 2.05) is 56.3 Å². The van der Waals surface area contributed by atoms with Gasteiger partial charge in [-0.2, -0.15) is 13.2 Å². The molecule has 1 atom stereocenters. The zero-order chi connectivity index (χ0) is 31.6. The minimum atomic E-state index is -4.43. The van der Waals surface area contributed by atoms with Gasteiger partial charge in [0.2, 0.25) is 0 Å². The van der Waals surface area contributed by atoms with E-state index in [-0.39, 0.29) is 35.6 Å². The van der Waals surface area contributed by atoms with Crippen molar-refractivity contribution >= 4 is 16.0 Å². The summed E-state index contributed by atoms with van der Waals surface area (Å²) in [7, 11) is -2.28. The number of aryl methyl sites for hydroxylation is 2. The molecule has 0 fully saturated rings. The minimum Gasteiger partial charge on any atom is -0.512 e. The molecule has 1 aromatic heterocycles. The standard InChI is InChI=1S/C31H36F3N3O5S/c1-29(2,17-22-9-11-23(12-10-22)27-36-26(20-37(27)3)43(35,40)41)18-24-25(38)19-30(42-28(24)39,15-16-31(32,33)34)14-13-21-7-5-4-6-8-21/h4-12,20,38H,13-19H2,1-3H3,(H2,35,40,41)/t30-/m1/s1. The molecule has 0 amide bonds. The maximum atomic E-state index is 13.2. The van der Waals surface area contributed by atoms with Crippen LogP contribution >= 0.6 is 0 Å². The van der Waals surface area contributed by atoms with Crippen LogP contribution in [0.5, 0.6) is 0 Å². The summed E-state index contributed by atoms with van der Waals surface area (Å²) in [5.74, 6) is -0.589. The number of rotatable bonds is 11. The Hall–Kier alpha value is -3.64. The molecule has 0 saturated heterocycles. The highest BCUT2D eigenvalue weighted by Crippen LogP contribution is 2.42. The third kappa shape index (κ3) is 8.47. The molecule has 232 valence electrons. The number of aliphatic hydroxyl groups excluding tert-OH is 1. The molecule has 12 heteroatoms. The summed E-state index contributed by atoms with van der Waals surface area (Å²) in [6.07, 6.45) is -3.60. The summed E-state index contributed by atoms with van der Waals surface area (Å²) < 4.78 is 70.2. The average molecular weight is 620 g/mol. The van der Waals surface area contributed by atoms with Crippen molar-refractivity contribution in [2.24, 2.45) is 17.6 Å². The molecular weight excluding hydrogens is 583 g/mol. The molecule has 43 heavy (non-hydrogen) atoms. The van der Waals surface area contributed by atoms with E-state index in [1.165, 1.54) is 6.20 Å². The van der Waals surface area contributed by atoms with Crippen LogP contribution in [0.4, 0.5) is 13.2 Å². The van der Waals surface area contributed by atoms with Crippen molar-refractivity contribution in [2.45, 2.75) is 75.6 Å². The predicted molar refractivity (Wildman–Crippen MR) is 155 cm³/mol. The van der Waals surface area contributed by atoms with Gasteiger partial charge in [-0.05, 0) is 48.6 Å². The van der Waals surface area contributed by atoms with Crippen molar-refractivity contribution in [2.75, 3.05) is 0 Å². The van der Waals surface area contributed by atoms with Gasteiger partial charge < -0.3 is 14.4 Å². The van der Waals surface area contributed by atoms with E-state index in [2.05, 4.69) is 4.98 Å². The van der Waals surface area contributed by atoms with Crippen molar-refractivity contribution in [3.05, 3.63) is 83.3 Å². The number of carbonyl (C=O) groups is 1. The number of cyclic esters (lactones) is 1. The molecule has 0 unspecified atom stereocenters. The summed E-state index contributed by atoms with van der Waals surface area (Å²) >= 11 is 0. The molecule has 0 bridgehead atoms. The quantitative estimate of drug-likeness (QED) is 0.248. The molecule has 0 saturated carbocycles. The smallest absolute Gasteiger partial charge is 0.389 e. The number of nitrogens with two attached hydrogens (primary N) is 1. The Balaban J connectivity index is 1.49.